The minimum atomic E-state index is -0.430. The third-order valence-corrected chi connectivity index (χ3v) is 4.72. The van der Waals surface area contributed by atoms with E-state index in [0.717, 1.165) is 0 Å². The molecule has 2 N–H and O–H groups in total. The fourth-order valence-corrected chi connectivity index (χ4v) is 3.32. The lowest BCUT2D eigenvalue weighted by Gasteiger charge is -2.17. The van der Waals surface area contributed by atoms with Crippen molar-refractivity contribution in [3.8, 4) is 0 Å². The van der Waals surface area contributed by atoms with Crippen LogP contribution in [0.2, 0.25) is 0 Å². The van der Waals surface area contributed by atoms with Crippen molar-refractivity contribution in [2.24, 2.45) is 11.8 Å². The molecule has 2 rings (SSSR count). The van der Waals surface area contributed by atoms with Crippen LogP contribution in [0.5, 0.6) is 0 Å². The van der Waals surface area contributed by atoms with E-state index in [4.69, 9.17) is 9.94 Å². The number of ether oxygens (including phenoxy) is 1. The molecule has 2 saturated carbocycles. The molecule has 142 valence electrons. The van der Waals surface area contributed by atoms with E-state index in [1.54, 1.807) is 11.6 Å². The average Bonchev–Trinajstić information content (AvgIpc) is 2.67. The van der Waals surface area contributed by atoms with E-state index < -0.39 is 5.91 Å². The molecule has 0 bridgehead atoms. The molecular formula is C20H33NO4. The predicted octanol–water partition coefficient (Wildman–Crippen LogP) is 4.31. The molecule has 2 aliphatic carbocycles. The van der Waals surface area contributed by atoms with Gasteiger partial charge in [-0.1, -0.05) is 50.7 Å². The van der Waals surface area contributed by atoms with E-state index in [2.05, 4.69) is 0 Å². The first kappa shape index (κ1) is 21.4. The van der Waals surface area contributed by atoms with Crippen molar-refractivity contribution >= 4 is 11.9 Å². The summed E-state index contributed by atoms with van der Waals surface area (Å²) < 4.78 is 4.81. The summed E-state index contributed by atoms with van der Waals surface area (Å²) in [5, 5.41) is 8.21. The minimum absolute atomic E-state index is 0.201. The molecule has 0 atom stereocenters. The summed E-state index contributed by atoms with van der Waals surface area (Å²) in [5.74, 6) is 0.517. The fourth-order valence-electron chi connectivity index (χ4n) is 3.32. The van der Waals surface area contributed by atoms with Gasteiger partial charge in [-0.15, -0.1) is 0 Å². The Kier molecular flexibility index (Phi) is 11.7. The molecular weight excluding hydrogens is 318 g/mol. The Bertz CT molecular complexity index is 433. The minimum Gasteiger partial charge on any atom is -0.463 e. The van der Waals surface area contributed by atoms with Crippen LogP contribution in [0.1, 0.15) is 71.1 Å². The van der Waals surface area contributed by atoms with Crippen LogP contribution in [0.4, 0.5) is 0 Å². The maximum Gasteiger partial charge on any atom is 0.330 e. The molecule has 2 fully saturated rings. The third-order valence-electron chi connectivity index (χ3n) is 4.72. The molecule has 0 radical (unpaired) electrons. The highest BCUT2D eigenvalue weighted by atomic mass is 16.5. The van der Waals surface area contributed by atoms with E-state index in [1.165, 1.54) is 70.3 Å². The summed E-state index contributed by atoms with van der Waals surface area (Å²) >= 11 is 0. The Morgan fingerprint density at radius 3 is 1.84 bits per heavy atom. The zero-order valence-electron chi connectivity index (χ0n) is 15.4. The van der Waals surface area contributed by atoms with Crippen LogP contribution in [0.15, 0.2) is 24.3 Å². The Labute approximate surface area is 151 Å². The smallest absolute Gasteiger partial charge is 0.330 e. The summed E-state index contributed by atoms with van der Waals surface area (Å²) in [4.78, 5) is 21.6. The number of nitrogens with one attached hydrogen (secondary N) is 1. The zero-order chi connectivity index (χ0) is 18.3. The van der Waals surface area contributed by atoms with Crippen molar-refractivity contribution in [1.82, 2.24) is 5.48 Å². The topological polar surface area (TPSA) is 75.6 Å². The summed E-state index contributed by atoms with van der Waals surface area (Å²) in [6.07, 6.45) is 19.5. The van der Waals surface area contributed by atoms with Crippen LogP contribution < -0.4 is 5.48 Å². The highest BCUT2D eigenvalue weighted by Gasteiger charge is 2.10. The lowest BCUT2D eigenvalue weighted by atomic mass is 9.89. The first-order chi connectivity index (χ1) is 12.2. The number of hydrogen-bond donors (Lipinski definition) is 2. The van der Waals surface area contributed by atoms with E-state index in [1.807, 2.05) is 19.1 Å². The molecule has 0 heterocycles. The van der Waals surface area contributed by atoms with Crippen molar-refractivity contribution in [3.63, 3.8) is 0 Å². The van der Waals surface area contributed by atoms with Gasteiger partial charge in [-0.2, -0.15) is 0 Å². The largest absolute Gasteiger partial charge is 0.463 e. The summed E-state index contributed by atoms with van der Waals surface area (Å²) in [5.41, 5.74) is 1.58. The third kappa shape index (κ3) is 10.8. The molecule has 25 heavy (non-hydrogen) atoms. The molecule has 2 aliphatic rings. The Hall–Kier alpha value is -1.62. The van der Waals surface area contributed by atoms with Crippen molar-refractivity contribution in [2.75, 3.05) is 6.61 Å². The number of esters is 1. The Morgan fingerprint density at radius 1 is 0.920 bits per heavy atom. The number of hydroxylamine groups is 1. The normalized spacial score (nSPS) is 19.4. The van der Waals surface area contributed by atoms with Gasteiger partial charge in [0.05, 0.1) is 6.61 Å². The molecule has 0 aromatic heterocycles. The highest BCUT2D eigenvalue weighted by Crippen LogP contribution is 2.25. The molecule has 5 nitrogen and oxygen atoms in total. The van der Waals surface area contributed by atoms with Gasteiger partial charge in [0.1, 0.15) is 0 Å². The van der Waals surface area contributed by atoms with E-state index in [-0.39, 0.29) is 5.97 Å². The lowest BCUT2D eigenvalue weighted by molar-refractivity contribution is -0.137. The van der Waals surface area contributed by atoms with Crippen molar-refractivity contribution in [2.45, 2.75) is 71.1 Å². The van der Waals surface area contributed by atoms with Crippen LogP contribution in [0.25, 0.3) is 0 Å². The molecule has 0 aromatic rings. The second kappa shape index (κ2) is 13.6. The van der Waals surface area contributed by atoms with Crippen LogP contribution in [0, 0.1) is 11.8 Å². The zero-order valence-corrected chi connectivity index (χ0v) is 15.4. The van der Waals surface area contributed by atoms with Crippen LogP contribution in [-0.2, 0) is 14.3 Å². The summed E-state index contributed by atoms with van der Waals surface area (Å²) in [6, 6.07) is 0. The highest BCUT2D eigenvalue weighted by molar-refractivity contribution is 5.86. The fraction of sp³-hybridized carbons (Fsp3) is 0.700. The van der Waals surface area contributed by atoms with Gasteiger partial charge in [0, 0.05) is 12.2 Å². The quantitative estimate of drug-likeness (QED) is 0.335. The number of carbonyl (C=O) groups excluding carboxylic acids is 2. The SMILES string of the molecule is CCOC(=O)C=CC1CCCCC1.O=C(C=CC1CCCCC1)NO. The van der Waals surface area contributed by atoms with Gasteiger partial charge in [0.15, 0.2) is 0 Å². The number of hydrogen-bond acceptors (Lipinski definition) is 4. The number of allylic oxidation sites excluding steroid dienone is 2. The van der Waals surface area contributed by atoms with Crippen molar-refractivity contribution in [1.29, 1.82) is 0 Å². The van der Waals surface area contributed by atoms with Gasteiger partial charge in [0.25, 0.3) is 5.91 Å². The van der Waals surface area contributed by atoms with Gasteiger partial charge in [-0.25, -0.2) is 10.3 Å². The van der Waals surface area contributed by atoms with Crippen LogP contribution in [-0.4, -0.2) is 23.7 Å². The molecule has 0 spiro atoms. The number of amides is 1. The second-order valence-electron chi connectivity index (χ2n) is 6.74. The first-order valence-electron chi connectivity index (χ1n) is 9.63. The standard InChI is InChI=1S/C11H18O2.C9H15NO2/c1-2-13-11(12)9-8-10-6-4-3-5-7-10;11-9(10-12)7-6-8-4-2-1-3-5-8/h8-10H,2-7H2,1H3;6-8,12H,1-5H2,(H,10,11). The lowest BCUT2D eigenvalue weighted by Crippen LogP contribution is -2.15. The van der Waals surface area contributed by atoms with Crippen LogP contribution >= 0.6 is 0 Å². The molecule has 0 aliphatic heterocycles. The average molecular weight is 351 g/mol. The Balaban J connectivity index is 0.000000251. The summed E-state index contributed by atoms with van der Waals surface area (Å²) in [7, 11) is 0. The van der Waals surface area contributed by atoms with Gasteiger partial charge in [0.2, 0.25) is 0 Å². The van der Waals surface area contributed by atoms with Crippen LogP contribution in [0.3, 0.4) is 0 Å². The second-order valence-corrected chi connectivity index (χ2v) is 6.74. The Morgan fingerprint density at radius 2 is 1.40 bits per heavy atom. The molecule has 0 aromatic carbocycles. The molecule has 1 amide bonds. The van der Waals surface area contributed by atoms with Gasteiger partial charge < -0.3 is 4.74 Å². The monoisotopic (exact) mass is 351 g/mol. The van der Waals surface area contributed by atoms with Crippen molar-refractivity contribution < 1.29 is 19.5 Å². The van der Waals surface area contributed by atoms with E-state index in [0.29, 0.717) is 18.4 Å². The molecule has 5 heteroatoms. The van der Waals surface area contributed by atoms with Gasteiger partial charge in [-0.3, -0.25) is 10.0 Å². The van der Waals surface area contributed by atoms with Crippen molar-refractivity contribution in [3.05, 3.63) is 24.3 Å². The number of rotatable bonds is 5. The van der Waals surface area contributed by atoms with E-state index in [9.17, 15) is 9.59 Å². The maximum absolute atomic E-state index is 11.0. The number of carbonyl (C=O) groups is 2. The molecule has 0 unspecified atom stereocenters. The summed E-state index contributed by atoms with van der Waals surface area (Å²) in [6.45, 7) is 2.29. The van der Waals surface area contributed by atoms with Gasteiger partial charge in [-0.05, 0) is 44.4 Å². The maximum atomic E-state index is 11.0. The molecule has 0 saturated heterocycles. The van der Waals surface area contributed by atoms with Gasteiger partial charge >= 0.3 is 5.97 Å². The predicted molar refractivity (Wildman–Crippen MR) is 98.0 cm³/mol. The first-order valence-corrected chi connectivity index (χ1v) is 9.63. The van der Waals surface area contributed by atoms with E-state index >= 15 is 0 Å².